The van der Waals surface area contributed by atoms with Crippen LogP contribution in [0.15, 0.2) is 48.5 Å². The standard InChI is InChI=1S/C21H27N3O2/c1-5-16(3)24(4)14-20(25)23-19-12-7-6-11-18(19)21(26)22-17-10-8-9-15(2)13-17/h6-13,16H,5,14H2,1-4H3,(H,22,26)(H,23,25). The van der Waals surface area contributed by atoms with Crippen LogP contribution in [0.5, 0.6) is 0 Å². The minimum absolute atomic E-state index is 0.136. The van der Waals surface area contributed by atoms with Gasteiger partial charge in [-0.25, -0.2) is 0 Å². The van der Waals surface area contributed by atoms with Gasteiger partial charge in [-0.05, 0) is 57.1 Å². The second kappa shape index (κ2) is 9.15. The van der Waals surface area contributed by atoms with E-state index in [9.17, 15) is 9.59 Å². The third kappa shape index (κ3) is 5.43. The van der Waals surface area contributed by atoms with Crippen LogP contribution in [0.2, 0.25) is 0 Å². The summed E-state index contributed by atoms with van der Waals surface area (Å²) in [7, 11) is 1.92. The molecule has 0 aliphatic heterocycles. The molecule has 2 amide bonds. The van der Waals surface area contributed by atoms with Crippen LogP contribution in [0.4, 0.5) is 11.4 Å². The molecule has 5 nitrogen and oxygen atoms in total. The van der Waals surface area contributed by atoms with Crippen LogP contribution in [0.3, 0.4) is 0 Å². The smallest absolute Gasteiger partial charge is 0.257 e. The Morgan fingerprint density at radius 1 is 1.08 bits per heavy atom. The number of amides is 2. The Labute approximate surface area is 155 Å². The average molecular weight is 353 g/mol. The number of benzene rings is 2. The van der Waals surface area contributed by atoms with Crippen LogP contribution in [-0.2, 0) is 4.79 Å². The third-order valence-electron chi connectivity index (χ3n) is 4.46. The molecule has 0 radical (unpaired) electrons. The predicted octanol–water partition coefficient (Wildman–Crippen LogP) is 3.92. The van der Waals surface area contributed by atoms with Gasteiger partial charge in [0, 0.05) is 11.7 Å². The fraction of sp³-hybridized carbons (Fsp3) is 0.333. The zero-order valence-corrected chi connectivity index (χ0v) is 15.9. The zero-order chi connectivity index (χ0) is 19.1. The summed E-state index contributed by atoms with van der Waals surface area (Å²) in [5.41, 5.74) is 2.75. The molecule has 0 heterocycles. The lowest BCUT2D eigenvalue weighted by atomic mass is 10.1. The number of anilines is 2. The van der Waals surface area contributed by atoms with Gasteiger partial charge in [-0.3, -0.25) is 14.5 Å². The second-order valence-corrected chi connectivity index (χ2v) is 6.59. The Bertz CT molecular complexity index is 773. The lowest BCUT2D eigenvalue weighted by Gasteiger charge is -2.23. The second-order valence-electron chi connectivity index (χ2n) is 6.59. The van der Waals surface area contributed by atoms with Crippen molar-refractivity contribution in [3.05, 3.63) is 59.7 Å². The molecular weight excluding hydrogens is 326 g/mol. The van der Waals surface area contributed by atoms with E-state index in [1.165, 1.54) is 0 Å². The van der Waals surface area contributed by atoms with Crippen LogP contribution in [-0.4, -0.2) is 36.3 Å². The Kier molecular flexibility index (Phi) is 6.92. The molecule has 2 N–H and O–H groups in total. The maximum absolute atomic E-state index is 12.6. The third-order valence-corrected chi connectivity index (χ3v) is 4.46. The molecule has 2 aromatic rings. The molecule has 0 aromatic heterocycles. The Morgan fingerprint density at radius 3 is 2.50 bits per heavy atom. The molecule has 0 saturated carbocycles. The van der Waals surface area contributed by atoms with Crippen LogP contribution in [0.25, 0.3) is 0 Å². The number of rotatable bonds is 7. The number of hydrogen-bond acceptors (Lipinski definition) is 3. The van der Waals surface area contributed by atoms with Gasteiger partial charge in [0.05, 0.1) is 17.8 Å². The summed E-state index contributed by atoms with van der Waals surface area (Å²) in [6, 6.07) is 15.0. The molecule has 0 saturated heterocycles. The maximum atomic E-state index is 12.6. The van der Waals surface area contributed by atoms with E-state index in [0.717, 1.165) is 17.7 Å². The molecule has 0 spiro atoms. The van der Waals surface area contributed by atoms with Gasteiger partial charge in [0.25, 0.3) is 5.91 Å². The fourth-order valence-corrected chi connectivity index (χ4v) is 2.60. The lowest BCUT2D eigenvalue weighted by Crippen LogP contribution is -2.36. The summed E-state index contributed by atoms with van der Waals surface area (Å²) < 4.78 is 0. The zero-order valence-electron chi connectivity index (χ0n) is 15.9. The monoisotopic (exact) mass is 353 g/mol. The molecule has 0 bridgehead atoms. The molecular formula is C21H27N3O2. The van der Waals surface area contributed by atoms with Gasteiger partial charge in [0.1, 0.15) is 0 Å². The summed E-state index contributed by atoms with van der Waals surface area (Å²) in [6.07, 6.45) is 0.971. The average Bonchev–Trinajstić information content (AvgIpc) is 2.61. The first kappa shape index (κ1) is 19.7. The minimum atomic E-state index is -0.248. The van der Waals surface area contributed by atoms with E-state index in [0.29, 0.717) is 17.3 Å². The Hall–Kier alpha value is -2.66. The lowest BCUT2D eigenvalue weighted by molar-refractivity contribution is -0.117. The van der Waals surface area contributed by atoms with E-state index >= 15 is 0 Å². The van der Waals surface area contributed by atoms with Crippen molar-refractivity contribution in [3.63, 3.8) is 0 Å². The van der Waals surface area contributed by atoms with Crippen molar-refractivity contribution in [2.45, 2.75) is 33.2 Å². The number of carbonyl (C=O) groups is 2. The van der Waals surface area contributed by atoms with E-state index in [1.54, 1.807) is 24.3 Å². The first-order valence-corrected chi connectivity index (χ1v) is 8.87. The minimum Gasteiger partial charge on any atom is -0.324 e. The van der Waals surface area contributed by atoms with Gasteiger partial charge in [0.2, 0.25) is 5.91 Å². The topological polar surface area (TPSA) is 61.4 Å². The van der Waals surface area contributed by atoms with Crippen molar-refractivity contribution < 1.29 is 9.59 Å². The summed E-state index contributed by atoms with van der Waals surface area (Å²) in [4.78, 5) is 27.0. The molecule has 1 atom stereocenters. The maximum Gasteiger partial charge on any atom is 0.257 e. The van der Waals surface area contributed by atoms with Gasteiger partial charge in [-0.1, -0.05) is 31.2 Å². The van der Waals surface area contributed by atoms with Crippen molar-refractivity contribution in [1.82, 2.24) is 4.90 Å². The van der Waals surface area contributed by atoms with Gasteiger partial charge in [0.15, 0.2) is 0 Å². The van der Waals surface area contributed by atoms with Crippen molar-refractivity contribution >= 4 is 23.2 Å². The summed E-state index contributed by atoms with van der Waals surface area (Å²) in [6.45, 7) is 6.42. The molecule has 0 aliphatic carbocycles. The van der Waals surface area contributed by atoms with Crippen molar-refractivity contribution in [3.8, 4) is 0 Å². The highest BCUT2D eigenvalue weighted by atomic mass is 16.2. The molecule has 1 unspecified atom stereocenters. The predicted molar refractivity (Wildman–Crippen MR) is 107 cm³/mol. The fourth-order valence-electron chi connectivity index (χ4n) is 2.60. The van der Waals surface area contributed by atoms with Crippen LogP contribution in [0, 0.1) is 6.92 Å². The van der Waals surface area contributed by atoms with Crippen molar-refractivity contribution in [2.24, 2.45) is 0 Å². The van der Waals surface area contributed by atoms with Gasteiger partial charge in [-0.15, -0.1) is 0 Å². The summed E-state index contributed by atoms with van der Waals surface area (Å²) in [5, 5.41) is 5.74. The Morgan fingerprint density at radius 2 is 1.81 bits per heavy atom. The van der Waals surface area contributed by atoms with Gasteiger partial charge in [-0.2, -0.15) is 0 Å². The number of para-hydroxylation sites is 1. The number of carbonyl (C=O) groups excluding carboxylic acids is 2. The number of nitrogens with zero attached hydrogens (tertiary/aromatic N) is 1. The largest absolute Gasteiger partial charge is 0.324 e. The Balaban J connectivity index is 2.09. The number of aryl methyl sites for hydroxylation is 1. The highest BCUT2D eigenvalue weighted by Crippen LogP contribution is 2.18. The number of nitrogens with one attached hydrogen (secondary N) is 2. The summed E-state index contributed by atoms with van der Waals surface area (Å²) >= 11 is 0. The molecule has 0 fully saturated rings. The normalized spacial score (nSPS) is 11.9. The quantitative estimate of drug-likeness (QED) is 0.793. The van der Waals surface area contributed by atoms with E-state index in [-0.39, 0.29) is 18.4 Å². The first-order chi connectivity index (χ1) is 12.4. The van der Waals surface area contributed by atoms with Gasteiger partial charge >= 0.3 is 0 Å². The molecule has 0 aliphatic rings. The molecule has 2 rings (SSSR count). The molecule has 138 valence electrons. The van der Waals surface area contributed by atoms with E-state index in [4.69, 9.17) is 0 Å². The highest BCUT2D eigenvalue weighted by Gasteiger charge is 2.16. The molecule has 26 heavy (non-hydrogen) atoms. The highest BCUT2D eigenvalue weighted by molar-refractivity contribution is 6.10. The van der Waals surface area contributed by atoms with Crippen molar-refractivity contribution in [2.75, 3.05) is 24.2 Å². The number of likely N-dealkylation sites (N-methyl/N-ethyl adjacent to an activating group) is 1. The van der Waals surface area contributed by atoms with E-state index in [1.807, 2.05) is 43.1 Å². The van der Waals surface area contributed by atoms with Crippen LogP contribution < -0.4 is 10.6 Å². The van der Waals surface area contributed by atoms with Crippen LogP contribution in [0.1, 0.15) is 36.2 Å². The first-order valence-electron chi connectivity index (χ1n) is 8.87. The molecule has 5 heteroatoms. The van der Waals surface area contributed by atoms with Gasteiger partial charge < -0.3 is 10.6 Å². The van der Waals surface area contributed by atoms with Crippen LogP contribution >= 0.6 is 0 Å². The van der Waals surface area contributed by atoms with E-state index in [2.05, 4.69) is 24.5 Å². The van der Waals surface area contributed by atoms with Crippen molar-refractivity contribution in [1.29, 1.82) is 0 Å². The molecule has 2 aromatic carbocycles. The number of hydrogen-bond donors (Lipinski definition) is 2. The SMILES string of the molecule is CCC(C)N(C)CC(=O)Nc1ccccc1C(=O)Nc1cccc(C)c1. The summed E-state index contributed by atoms with van der Waals surface area (Å²) in [5.74, 6) is -0.384. The van der Waals surface area contributed by atoms with E-state index < -0.39 is 0 Å².